The average Bonchev–Trinajstić information content (AvgIpc) is 4.10. The summed E-state index contributed by atoms with van der Waals surface area (Å²) >= 11 is 0. The smallest absolute Gasteiger partial charge is 0.341 e. The number of amides is 2. The van der Waals surface area contributed by atoms with Gasteiger partial charge in [0.2, 0.25) is 11.8 Å². The van der Waals surface area contributed by atoms with Gasteiger partial charge in [-0.2, -0.15) is 0 Å². The number of rotatable bonds is 14. The number of carbonyl (C=O) groups excluding carboxylic acids is 2. The minimum absolute atomic E-state index is 0.0334. The van der Waals surface area contributed by atoms with E-state index in [1.807, 2.05) is 43.2 Å². The maximum absolute atomic E-state index is 12.6. The molecule has 4 fully saturated rings. The molecule has 372 valence electrons. The van der Waals surface area contributed by atoms with E-state index in [0.717, 1.165) is 86.7 Å². The summed E-state index contributed by atoms with van der Waals surface area (Å²) < 4.78 is 27.6. The van der Waals surface area contributed by atoms with Crippen molar-refractivity contribution in [1.82, 2.24) is 18.9 Å². The van der Waals surface area contributed by atoms with E-state index < -0.39 is 22.8 Å². The number of carboxylic acids is 2. The second kappa shape index (κ2) is 19.0. The summed E-state index contributed by atoms with van der Waals surface area (Å²) in [6.07, 6.45) is 11.5. The predicted octanol–water partition coefficient (Wildman–Crippen LogP) is 8.14. The fourth-order valence-electron chi connectivity index (χ4n) is 12.4. The predicted molar refractivity (Wildman–Crippen MR) is 261 cm³/mol. The van der Waals surface area contributed by atoms with Crippen molar-refractivity contribution in [2.45, 2.75) is 116 Å². The van der Waals surface area contributed by atoms with Gasteiger partial charge in [0, 0.05) is 98.6 Å². The molecule has 70 heavy (non-hydrogen) atoms. The largest absolute Gasteiger partial charge is 0.493 e. The molecular formula is C54H64N4O12. The molecule has 0 unspecified atom stereocenters. The molecule has 16 heteroatoms. The van der Waals surface area contributed by atoms with E-state index in [-0.39, 0.29) is 57.7 Å². The standard InChI is InChI=1S/2C27H32N2O6/c2*1-27(2)8-7-16-17-12-23(35-11-5-10-28-9-4-6-24(28)31)22(34-3)13-18(17)20-14-21(30)19(26(32)33)15-29(20)25(16)27/h2*12-16,25H,4-11H2,1-3H3,(H,32,33)/t2*16-,25+/m10/s1. The Morgan fingerprint density at radius 2 is 1.00 bits per heavy atom. The van der Waals surface area contributed by atoms with Crippen molar-refractivity contribution in [2.24, 2.45) is 10.8 Å². The molecule has 0 radical (unpaired) electrons. The summed E-state index contributed by atoms with van der Waals surface area (Å²) in [6.45, 7) is 12.8. The van der Waals surface area contributed by atoms with Crippen LogP contribution in [0.5, 0.6) is 23.0 Å². The highest BCUT2D eigenvalue weighted by Gasteiger charge is 2.49. The summed E-state index contributed by atoms with van der Waals surface area (Å²) in [5.74, 6) is 0.800. The maximum atomic E-state index is 12.6. The van der Waals surface area contributed by atoms with E-state index in [1.54, 1.807) is 14.2 Å². The number of carbonyl (C=O) groups is 4. The summed E-state index contributed by atoms with van der Waals surface area (Å²) in [5, 5.41) is 19.1. The molecule has 4 aliphatic heterocycles. The van der Waals surface area contributed by atoms with E-state index >= 15 is 0 Å². The van der Waals surface area contributed by atoms with Gasteiger partial charge in [-0.3, -0.25) is 19.2 Å². The second-order valence-corrected chi connectivity index (χ2v) is 21.0. The quantitative estimate of drug-likeness (QED) is 0.115. The van der Waals surface area contributed by atoms with E-state index in [2.05, 4.69) is 27.7 Å². The molecule has 4 aromatic rings. The highest BCUT2D eigenvalue weighted by atomic mass is 16.5. The van der Waals surface area contributed by atoms with Crippen molar-refractivity contribution in [1.29, 1.82) is 0 Å². The lowest BCUT2D eigenvalue weighted by Gasteiger charge is -2.40. The number of nitrogens with zero attached hydrogens (tertiary/aromatic N) is 4. The van der Waals surface area contributed by atoms with Gasteiger partial charge in [0.25, 0.3) is 0 Å². The Morgan fingerprint density at radius 3 is 1.34 bits per heavy atom. The zero-order chi connectivity index (χ0) is 49.8. The first-order valence-corrected chi connectivity index (χ1v) is 24.7. The molecule has 6 heterocycles. The Balaban J connectivity index is 0.000000174. The molecule has 10 rings (SSSR count). The Morgan fingerprint density at radius 1 is 0.600 bits per heavy atom. The third-order valence-electron chi connectivity index (χ3n) is 15.8. The van der Waals surface area contributed by atoms with E-state index in [9.17, 15) is 39.0 Å². The molecule has 2 amide bonds. The summed E-state index contributed by atoms with van der Waals surface area (Å²) in [4.78, 5) is 76.2. The normalized spacial score (nSPS) is 21.9. The molecule has 4 atom stereocenters. The van der Waals surface area contributed by atoms with Crippen LogP contribution in [0.2, 0.25) is 0 Å². The summed E-state index contributed by atoms with van der Waals surface area (Å²) in [5.41, 5.74) is 3.85. The number of aromatic carboxylic acids is 2. The number of hydrogen-bond donors (Lipinski definition) is 2. The van der Waals surface area contributed by atoms with Crippen LogP contribution in [0.4, 0.5) is 0 Å². The van der Waals surface area contributed by atoms with Gasteiger partial charge in [-0.15, -0.1) is 0 Å². The Hall–Kier alpha value is -6.58. The molecule has 2 saturated carbocycles. The number of benzene rings is 2. The first-order chi connectivity index (χ1) is 33.4. The number of hydrogen-bond acceptors (Lipinski definition) is 10. The number of ether oxygens (including phenoxy) is 4. The zero-order valence-corrected chi connectivity index (χ0v) is 41.0. The minimum atomic E-state index is -1.21. The second-order valence-electron chi connectivity index (χ2n) is 21.0. The SMILES string of the molecule is COc1cc2c(cc1OCCCN1CCCC1=O)[C@@H]1CCC(C)(C)[C@@H]1n1cc(C(=O)O)c(=O)cc1-2.COc1cc2c(cc1OCCCN1CCCC1=O)[C@H]1CCC(C)(C)[C@H]1n1cc(C(=O)O)c(=O)cc1-2. The zero-order valence-electron chi connectivity index (χ0n) is 41.0. The maximum Gasteiger partial charge on any atom is 0.341 e. The molecule has 2 aromatic heterocycles. The topological polar surface area (TPSA) is 196 Å². The van der Waals surface area contributed by atoms with Crippen LogP contribution in [-0.2, 0) is 9.59 Å². The van der Waals surface area contributed by atoms with Crippen LogP contribution in [0.25, 0.3) is 22.5 Å². The monoisotopic (exact) mass is 960 g/mol. The minimum Gasteiger partial charge on any atom is -0.493 e. The third kappa shape index (κ3) is 8.82. The van der Waals surface area contributed by atoms with Crippen LogP contribution in [0.3, 0.4) is 0 Å². The van der Waals surface area contributed by atoms with Crippen LogP contribution >= 0.6 is 0 Å². The summed E-state index contributed by atoms with van der Waals surface area (Å²) in [6, 6.07) is 10.8. The van der Waals surface area contributed by atoms with Gasteiger partial charge >= 0.3 is 11.9 Å². The van der Waals surface area contributed by atoms with Crippen molar-refractivity contribution in [3.05, 3.63) is 91.5 Å². The van der Waals surface area contributed by atoms with Gasteiger partial charge in [0.05, 0.1) is 38.8 Å². The van der Waals surface area contributed by atoms with Crippen molar-refractivity contribution in [2.75, 3.05) is 53.6 Å². The fourth-order valence-corrected chi connectivity index (χ4v) is 12.4. The van der Waals surface area contributed by atoms with Crippen LogP contribution in [-0.4, -0.2) is 107 Å². The van der Waals surface area contributed by atoms with Crippen LogP contribution < -0.4 is 29.8 Å². The number of likely N-dealkylation sites (tertiary alicyclic amines) is 2. The van der Waals surface area contributed by atoms with Gasteiger partial charge in [-0.25, -0.2) is 9.59 Å². The molecule has 0 spiro atoms. The number of aromatic nitrogens is 2. The first-order valence-electron chi connectivity index (χ1n) is 24.7. The van der Waals surface area contributed by atoms with Crippen LogP contribution in [0.15, 0.2) is 58.4 Å². The first kappa shape index (κ1) is 48.4. The van der Waals surface area contributed by atoms with Crippen molar-refractivity contribution in [3.63, 3.8) is 0 Å². The van der Waals surface area contributed by atoms with Crippen molar-refractivity contribution < 1.29 is 48.3 Å². The number of pyridine rings is 2. The number of methoxy groups -OCH3 is 2. The summed E-state index contributed by atoms with van der Waals surface area (Å²) in [7, 11) is 3.17. The molecular weight excluding hydrogens is 897 g/mol. The Kier molecular flexibility index (Phi) is 13.1. The fraction of sp³-hybridized carbons (Fsp3) is 0.519. The molecule has 2 N–H and O–H groups in total. The molecule has 16 nitrogen and oxygen atoms in total. The van der Waals surface area contributed by atoms with Gasteiger partial charge in [-0.05, 0) is 97.6 Å². The van der Waals surface area contributed by atoms with E-state index in [1.165, 1.54) is 24.5 Å². The molecule has 6 aliphatic rings. The lowest BCUT2D eigenvalue weighted by atomic mass is 9.77. The third-order valence-corrected chi connectivity index (χ3v) is 15.8. The van der Waals surface area contributed by atoms with Crippen LogP contribution in [0.1, 0.15) is 148 Å². The lowest BCUT2D eigenvalue weighted by molar-refractivity contribution is -0.128. The Labute approximate surface area is 407 Å². The molecule has 2 aliphatic carbocycles. The van der Waals surface area contributed by atoms with Gasteiger partial charge in [0.15, 0.2) is 33.9 Å². The van der Waals surface area contributed by atoms with Crippen LogP contribution in [0, 0.1) is 10.8 Å². The highest BCUT2D eigenvalue weighted by Crippen LogP contribution is 2.61. The average molecular weight is 961 g/mol. The van der Waals surface area contributed by atoms with Gasteiger partial charge < -0.3 is 48.1 Å². The molecule has 2 saturated heterocycles. The van der Waals surface area contributed by atoms with E-state index in [0.29, 0.717) is 73.5 Å². The Bertz CT molecular complexity index is 2690. The van der Waals surface area contributed by atoms with Gasteiger partial charge in [0.1, 0.15) is 11.1 Å². The number of carboxylic acid groups (broad SMARTS) is 2. The molecule has 0 bridgehead atoms. The van der Waals surface area contributed by atoms with Gasteiger partial charge in [-0.1, -0.05) is 27.7 Å². The van der Waals surface area contributed by atoms with Crippen molar-refractivity contribution >= 4 is 23.8 Å². The van der Waals surface area contributed by atoms with Crippen molar-refractivity contribution in [3.8, 4) is 45.5 Å². The lowest BCUT2D eigenvalue weighted by Crippen LogP contribution is -2.32. The van der Waals surface area contributed by atoms with E-state index in [4.69, 9.17) is 18.9 Å². The number of fused-ring (bicyclic) bond motifs is 12. The molecule has 2 aromatic carbocycles. The highest BCUT2D eigenvalue weighted by molar-refractivity contribution is 5.89.